The molecule has 0 aromatic heterocycles. The molecule has 0 saturated heterocycles. The number of thioether (sulfide) groups is 1. The molecule has 0 spiro atoms. The number of nitrogens with one attached hydrogen (secondary N) is 1. The maximum Gasteiger partial charge on any atom is 0.326 e. The Morgan fingerprint density at radius 3 is 2.94 bits per heavy atom. The smallest absolute Gasteiger partial charge is 0.326 e. The van der Waals surface area contributed by atoms with Crippen LogP contribution in [0.5, 0.6) is 0 Å². The van der Waals surface area contributed by atoms with Crippen LogP contribution in [-0.2, 0) is 9.53 Å². The van der Waals surface area contributed by atoms with Crippen LogP contribution < -0.4 is 5.32 Å². The summed E-state index contributed by atoms with van der Waals surface area (Å²) in [6.45, 7) is 2.23. The topological polar surface area (TPSA) is 58.6 Å². The van der Waals surface area contributed by atoms with Crippen molar-refractivity contribution < 1.29 is 14.6 Å². The van der Waals surface area contributed by atoms with Crippen LogP contribution in [0, 0.1) is 5.92 Å². The van der Waals surface area contributed by atoms with Gasteiger partial charge in [0.25, 0.3) is 0 Å². The Hall–Kier alpha value is -0.260. The maximum atomic E-state index is 12.0. The zero-order chi connectivity index (χ0) is 13.6. The van der Waals surface area contributed by atoms with E-state index in [1.807, 2.05) is 14.0 Å². The van der Waals surface area contributed by atoms with E-state index in [0.29, 0.717) is 5.92 Å². The molecule has 18 heavy (non-hydrogen) atoms. The van der Waals surface area contributed by atoms with Gasteiger partial charge in [-0.15, -0.1) is 0 Å². The number of likely N-dealkylation sites (N-methyl/N-ethyl adjacent to an activating group) is 1. The summed E-state index contributed by atoms with van der Waals surface area (Å²) in [5.74, 6) is 1.19. The second-order valence-corrected chi connectivity index (χ2v) is 6.50. The quantitative estimate of drug-likeness (QED) is 0.688. The zero-order valence-corrected chi connectivity index (χ0v) is 12.4. The summed E-state index contributed by atoms with van der Waals surface area (Å²) in [6.07, 6.45) is 4.00. The number of methoxy groups -OCH3 is 1. The van der Waals surface area contributed by atoms with Crippen molar-refractivity contribution in [3.63, 3.8) is 0 Å². The van der Waals surface area contributed by atoms with E-state index in [0.717, 1.165) is 31.4 Å². The highest BCUT2D eigenvalue weighted by atomic mass is 32.2. The molecule has 1 saturated carbocycles. The van der Waals surface area contributed by atoms with E-state index in [4.69, 9.17) is 9.84 Å². The van der Waals surface area contributed by atoms with Crippen LogP contribution in [0.4, 0.5) is 0 Å². The van der Waals surface area contributed by atoms with E-state index in [1.54, 1.807) is 11.8 Å². The molecule has 0 aromatic carbocycles. The van der Waals surface area contributed by atoms with E-state index in [9.17, 15) is 4.79 Å². The molecule has 1 fully saturated rings. The Morgan fingerprint density at radius 2 is 2.39 bits per heavy atom. The summed E-state index contributed by atoms with van der Waals surface area (Å²) in [5.41, 5.74) is -0.488. The second kappa shape index (κ2) is 7.36. The number of aliphatic hydroxyl groups excluding tert-OH is 1. The molecule has 0 heterocycles. The van der Waals surface area contributed by atoms with E-state index < -0.39 is 5.54 Å². The van der Waals surface area contributed by atoms with Gasteiger partial charge in [-0.2, -0.15) is 11.8 Å². The first-order valence-corrected chi connectivity index (χ1v) is 7.65. The summed E-state index contributed by atoms with van der Waals surface area (Å²) >= 11 is 1.76. The molecular weight excluding hydrogens is 250 g/mol. The van der Waals surface area contributed by atoms with Gasteiger partial charge in [0, 0.05) is 5.25 Å². The molecule has 0 bridgehead atoms. The number of aliphatic hydroxyl groups is 1. The molecule has 1 aliphatic carbocycles. The number of carbonyl (C=O) groups excluding carboxylic acids is 1. The number of esters is 1. The van der Waals surface area contributed by atoms with Gasteiger partial charge in [0.05, 0.1) is 13.7 Å². The summed E-state index contributed by atoms with van der Waals surface area (Å²) in [4.78, 5) is 12.0. The lowest BCUT2D eigenvalue weighted by atomic mass is 9.85. The standard InChI is InChI=1S/C13H25NO3S/c1-10(9-15)18-8-6-11-5-4-7-13(11,14-2)12(16)17-3/h10-11,14-15H,4-9H2,1-3H3. The molecule has 0 aromatic rings. The fraction of sp³-hybridized carbons (Fsp3) is 0.923. The van der Waals surface area contributed by atoms with Crippen LogP contribution in [-0.4, -0.2) is 48.4 Å². The SMILES string of the molecule is CNC1(C(=O)OC)CCCC1CCSC(C)CO. The molecule has 1 rings (SSSR count). The van der Waals surface area contributed by atoms with Gasteiger partial charge < -0.3 is 15.2 Å². The third-order valence-electron chi connectivity index (χ3n) is 3.94. The van der Waals surface area contributed by atoms with Crippen molar-refractivity contribution in [2.24, 2.45) is 5.92 Å². The number of hydrogen-bond acceptors (Lipinski definition) is 5. The Bertz CT molecular complexity index is 275. The van der Waals surface area contributed by atoms with Gasteiger partial charge in [-0.1, -0.05) is 13.3 Å². The average Bonchev–Trinajstić information content (AvgIpc) is 2.81. The van der Waals surface area contributed by atoms with Crippen LogP contribution in [0.15, 0.2) is 0 Å². The van der Waals surface area contributed by atoms with E-state index in [1.165, 1.54) is 7.11 Å². The van der Waals surface area contributed by atoms with Gasteiger partial charge in [0.15, 0.2) is 0 Å². The van der Waals surface area contributed by atoms with Gasteiger partial charge >= 0.3 is 5.97 Å². The van der Waals surface area contributed by atoms with E-state index >= 15 is 0 Å². The molecule has 0 aliphatic heterocycles. The molecule has 0 radical (unpaired) electrons. The fourth-order valence-electron chi connectivity index (χ4n) is 2.81. The van der Waals surface area contributed by atoms with Gasteiger partial charge in [-0.3, -0.25) is 4.79 Å². The molecule has 3 unspecified atom stereocenters. The van der Waals surface area contributed by atoms with Crippen molar-refractivity contribution in [1.29, 1.82) is 0 Å². The summed E-state index contributed by atoms with van der Waals surface area (Å²) in [6, 6.07) is 0. The van der Waals surface area contributed by atoms with Crippen molar-refractivity contribution in [3.8, 4) is 0 Å². The predicted molar refractivity (Wildman–Crippen MR) is 74.8 cm³/mol. The maximum absolute atomic E-state index is 12.0. The molecule has 4 nitrogen and oxygen atoms in total. The van der Waals surface area contributed by atoms with Crippen molar-refractivity contribution >= 4 is 17.7 Å². The van der Waals surface area contributed by atoms with Crippen molar-refractivity contribution in [2.75, 3.05) is 26.5 Å². The monoisotopic (exact) mass is 275 g/mol. The number of hydrogen-bond donors (Lipinski definition) is 2. The highest BCUT2D eigenvalue weighted by Gasteiger charge is 2.48. The molecule has 1 aliphatic rings. The largest absolute Gasteiger partial charge is 0.468 e. The van der Waals surface area contributed by atoms with Crippen LogP contribution in [0.25, 0.3) is 0 Å². The molecular formula is C13H25NO3S. The first-order valence-electron chi connectivity index (χ1n) is 6.60. The Kier molecular flexibility index (Phi) is 6.46. The zero-order valence-electron chi connectivity index (χ0n) is 11.6. The van der Waals surface area contributed by atoms with Crippen LogP contribution in [0.3, 0.4) is 0 Å². The highest BCUT2D eigenvalue weighted by Crippen LogP contribution is 2.39. The van der Waals surface area contributed by atoms with E-state index in [2.05, 4.69) is 5.32 Å². The highest BCUT2D eigenvalue weighted by molar-refractivity contribution is 7.99. The Morgan fingerprint density at radius 1 is 1.67 bits per heavy atom. The Labute approximate surface area is 114 Å². The molecule has 3 atom stereocenters. The molecule has 5 heteroatoms. The van der Waals surface area contributed by atoms with Gasteiger partial charge in [0.1, 0.15) is 5.54 Å². The summed E-state index contributed by atoms with van der Waals surface area (Å²) in [7, 11) is 3.30. The first kappa shape index (κ1) is 15.8. The van der Waals surface area contributed by atoms with Crippen molar-refractivity contribution in [2.45, 2.75) is 43.4 Å². The Balaban J connectivity index is 2.55. The minimum atomic E-state index is -0.488. The molecule has 106 valence electrons. The predicted octanol–water partition coefficient (Wildman–Crippen LogP) is 1.42. The first-order chi connectivity index (χ1) is 8.60. The van der Waals surface area contributed by atoms with Crippen LogP contribution in [0.2, 0.25) is 0 Å². The lowest BCUT2D eigenvalue weighted by Gasteiger charge is -2.32. The van der Waals surface area contributed by atoms with Gasteiger partial charge in [-0.05, 0) is 38.0 Å². The normalized spacial score (nSPS) is 29.2. The van der Waals surface area contributed by atoms with Crippen molar-refractivity contribution in [3.05, 3.63) is 0 Å². The van der Waals surface area contributed by atoms with Crippen LogP contribution >= 0.6 is 11.8 Å². The average molecular weight is 275 g/mol. The lowest BCUT2D eigenvalue weighted by molar-refractivity contribution is -0.150. The molecule has 0 amide bonds. The van der Waals surface area contributed by atoms with Gasteiger partial charge in [-0.25, -0.2) is 0 Å². The van der Waals surface area contributed by atoms with E-state index in [-0.39, 0.29) is 17.8 Å². The van der Waals surface area contributed by atoms with Crippen LogP contribution in [0.1, 0.15) is 32.6 Å². The minimum absolute atomic E-state index is 0.132. The number of ether oxygens (including phenoxy) is 1. The third kappa shape index (κ3) is 3.39. The second-order valence-electron chi connectivity index (χ2n) is 4.95. The minimum Gasteiger partial charge on any atom is -0.468 e. The third-order valence-corrected chi connectivity index (χ3v) is 5.13. The number of carbonyl (C=O) groups is 1. The fourth-order valence-corrected chi connectivity index (χ4v) is 3.74. The molecule has 2 N–H and O–H groups in total. The summed E-state index contributed by atoms with van der Waals surface area (Å²) in [5, 5.41) is 12.5. The summed E-state index contributed by atoms with van der Waals surface area (Å²) < 4.78 is 4.96. The van der Waals surface area contributed by atoms with Crippen molar-refractivity contribution in [1.82, 2.24) is 5.32 Å². The number of rotatable bonds is 7. The van der Waals surface area contributed by atoms with Gasteiger partial charge in [0.2, 0.25) is 0 Å². The lowest BCUT2D eigenvalue weighted by Crippen LogP contribution is -2.53.